The Bertz CT molecular complexity index is 862. The Morgan fingerprint density at radius 3 is 2.39 bits per heavy atom. The number of nitrogens with one attached hydrogen (secondary N) is 1. The van der Waals surface area contributed by atoms with Gasteiger partial charge in [0.1, 0.15) is 12.4 Å². The van der Waals surface area contributed by atoms with Crippen molar-refractivity contribution in [2.24, 2.45) is 0 Å². The van der Waals surface area contributed by atoms with Crippen molar-refractivity contribution in [2.75, 3.05) is 23.3 Å². The van der Waals surface area contributed by atoms with Crippen LogP contribution >= 0.6 is 0 Å². The predicted molar refractivity (Wildman–Crippen MR) is 111 cm³/mol. The van der Waals surface area contributed by atoms with Gasteiger partial charge in [-0.2, -0.15) is 10.1 Å². The van der Waals surface area contributed by atoms with Crippen molar-refractivity contribution in [3.8, 4) is 5.75 Å². The molecule has 0 amide bonds. The second kappa shape index (κ2) is 9.17. The molecule has 6 nitrogen and oxygen atoms in total. The van der Waals surface area contributed by atoms with Gasteiger partial charge in [0.25, 0.3) is 0 Å². The zero-order chi connectivity index (χ0) is 19.0. The summed E-state index contributed by atoms with van der Waals surface area (Å²) in [4.78, 5) is 6.87. The maximum absolute atomic E-state index is 5.84. The fourth-order valence-electron chi connectivity index (χ4n) is 3.28. The minimum absolute atomic E-state index is 0.558. The third kappa shape index (κ3) is 4.97. The summed E-state index contributed by atoms with van der Waals surface area (Å²) in [5.41, 5.74) is 2.09. The molecule has 0 saturated carbocycles. The van der Waals surface area contributed by atoms with E-state index in [0.29, 0.717) is 18.4 Å². The maximum Gasteiger partial charge on any atom is 0.247 e. The van der Waals surface area contributed by atoms with Crippen LogP contribution in [0.2, 0.25) is 0 Å². The van der Waals surface area contributed by atoms with Crippen LogP contribution in [0.25, 0.3) is 0 Å². The molecule has 1 aromatic heterocycles. The van der Waals surface area contributed by atoms with Gasteiger partial charge >= 0.3 is 0 Å². The first-order valence-electron chi connectivity index (χ1n) is 9.85. The fourth-order valence-corrected chi connectivity index (χ4v) is 3.28. The smallest absolute Gasteiger partial charge is 0.247 e. The molecule has 2 aromatic carbocycles. The largest absolute Gasteiger partial charge is 0.489 e. The molecule has 144 valence electrons. The van der Waals surface area contributed by atoms with Gasteiger partial charge in [-0.3, -0.25) is 0 Å². The molecule has 0 aliphatic carbocycles. The Kier molecular flexibility index (Phi) is 5.97. The van der Waals surface area contributed by atoms with Gasteiger partial charge in [-0.25, -0.2) is 0 Å². The summed E-state index contributed by atoms with van der Waals surface area (Å²) in [6.07, 6.45) is 6.58. The van der Waals surface area contributed by atoms with Crippen molar-refractivity contribution in [3.63, 3.8) is 0 Å². The van der Waals surface area contributed by atoms with Gasteiger partial charge in [0.05, 0.1) is 6.20 Å². The second-order valence-electron chi connectivity index (χ2n) is 6.97. The molecule has 1 fully saturated rings. The topological polar surface area (TPSA) is 63.2 Å². The lowest BCUT2D eigenvalue weighted by molar-refractivity contribution is 0.306. The van der Waals surface area contributed by atoms with Crippen LogP contribution < -0.4 is 15.0 Å². The number of ether oxygens (including phenoxy) is 1. The van der Waals surface area contributed by atoms with Crippen LogP contribution in [0.4, 0.5) is 17.5 Å². The zero-order valence-corrected chi connectivity index (χ0v) is 15.9. The zero-order valence-electron chi connectivity index (χ0n) is 15.9. The van der Waals surface area contributed by atoms with Crippen molar-refractivity contribution in [2.45, 2.75) is 32.3 Å². The lowest BCUT2D eigenvalue weighted by Gasteiger charge is -2.19. The molecule has 28 heavy (non-hydrogen) atoms. The summed E-state index contributed by atoms with van der Waals surface area (Å²) in [5, 5.41) is 11.6. The van der Waals surface area contributed by atoms with Crippen molar-refractivity contribution >= 4 is 17.5 Å². The molecule has 0 unspecified atom stereocenters. The van der Waals surface area contributed by atoms with Gasteiger partial charge in [0, 0.05) is 18.8 Å². The molecule has 0 atom stereocenters. The molecule has 0 spiro atoms. The van der Waals surface area contributed by atoms with Gasteiger partial charge in [-0.05, 0) is 42.7 Å². The van der Waals surface area contributed by atoms with Crippen LogP contribution in [0.3, 0.4) is 0 Å². The molecule has 1 N–H and O–H groups in total. The van der Waals surface area contributed by atoms with Crippen LogP contribution in [0, 0.1) is 0 Å². The quantitative estimate of drug-likeness (QED) is 0.681. The molecule has 2 heterocycles. The SMILES string of the molecule is c1ccc(COc2ccc(Nc3cnnc(N4CCCCCC4)n3)cc2)cc1. The highest BCUT2D eigenvalue weighted by Crippen LogP contribution is 2.21. The van der Waals surface area contributed by atoms with Crippen LogP contribution in [0.5, 0.6) is 5.75 Å². The molecule has 4 rings (SSSR count). The minimum atomic E-state index is 0.558. The van der Waals surface area contributed by atoms with Gasteiger partial charge in [0.2, 0.25) is 5.95 Å². The molecule has 6 heteroatoms. The van der Waals surface area contributed by atoms with Crippen molar-refractivity contribution in [1.29, 1.82) is 0 Å². The van der Waals surface area contributed by atoms with E-state index >= 15 is 0 Å². The maximum atomic E-state index is 5.84. The highest BCUT2D eigenvalue weighted by atomic mass is 16.5. The predicted octanol–water partition coefficient (Wildman–Crippen LogP) is 4.57. The number of benzene rings is 2. The molecule has 1 saturated heterocycles. The Morgan fingerprint density at radius 2 is 1.64 bits per heavy atom. The summed E-state index contributed by atoms with van der Waals surface area (Å²) in [7, 11) is 0. The van der Waals surface area contributed by atoms with Crippen LogP contribution in [-0.2, 0) is 6.61 Å². The summed E-state index contributed by atoms with van der Waals surface area (Å²) in [6.45, 7) is 2.56. The Morgan fingerprint density at radius 1 is 0.893 bits per heavy atom. The van der Waals surface area contributed by atoms with E-state index in [0.717, 1.165) is 30.1 Å². The van der Waals surface area contributed by atoms with Crippen molar-refractivity contribution < 1.29 is 4.74 Å². The number of hydrogen-bond acceptors (Lipinski definition) is 6. The fraction of sp³-hybridized carbons (Fsp3) is 0.318. The number of nitrogens with zero attached hydrogens (tertiary/aromatic N) is 4. The third-order valence-corrected chi connectivity index (χ3v) is 4.81. The van der Waals surface area contributed by atoms with Crippen molar-refractivity contribution in [1.82, 2.24) is 15.2 Å². The van der Waals surface area contributed by atoms with E-state index in [1.54, 1.807) is 6.20 Å². The van der Waals surface area contributed by atoms with Crippen LogP contribution in [0.1, 0.15) is 31.2 Å². The van der Waals surface area contributed by atoms with E-state index in [2.05, 4.69) is 37.5 Å². The van der Waals surface area contributed by atoms with E-state index in [1.807, 2.05) is 42.5 Å². The van der Waals surface area contributed by atoms with Gasteiger partial charge in [0.15, 0.2) is 5.82 Å². The Labute approximate surface area is 165 Å². The molecule has 0 bridgehead atoms. The van der Waals surface area contributed by atoms with Crippen molar-refractivity contribution in [3.05, 3.63) is 66.4 Å². The Hall–Kier alpha value is -3.15. The van der Waals surface area contributed by atoms with E-state index < -0.39 is 0 Å². The van der Waals surface area contributed by atoms with Gasteiger partial charge < -0.3 is 15.0 Å². The van der Waals surface area contributed by atoms with E-state index in [4.69, 9.17) is 4.74 Å². The molecular weight excluding hydrogens is 350 g/mol. The highest BCUT2D eigenvalue weighted by Gasteiger charge is 2.13. The standard InChI is InChI=1S/C22H25N5O/c1-2-7-15-27(14-6-1)22-25-21(16-23-26-22)24-19-10-12-20(13-11-19)28-17-18-8-4-3-5-9-18/h3-5,8-13,16H,1-2,6-7,14-15,17H2,(H,24,25,26). The minimum Gasteiger partial charge on any atom is -0.489 e. The lowest BCUT2D eigenvalue weighted by atomic mass is 10.2. The van der Waals surface area contributed by atoms with Gasteiger partial charge in [-0.15, -0.1) is 5.10 Å². The summed E-state index contributed by atoms with van der Waals surface area (Å²) < 4.78 is 5.84. The second-order valence-corrected chi connectivity index (χ2v) is 6.97. The average Bonchev–Trinajstić information content (AvgIpc) is 3.04. The Balaban J connectivity index is 1.37. The normalized spacial score (nSPS) is 14.4. The molecular formula is C22H25N5O. The molecule has 1 aliphatic heterocycles. The average molecular weight is 375 g/mol. The van der Waals surface area contributed by atoms with E-state index in [9.17, 15) is 0 Å². The molecule has 1 aliphatic rings. The van der Waals surface area contributed by atoms with Crippen LogP contribution in [0.15, 0.2) is 60.8 Å². The summed E-state index contributed by atoms with van der Waals surface area (Å²) >= 11 is 0. The number of aromatic nitrogens is 3. The summed E-state index contributed by atoms with van der Waals surface area (Å²) in [6, 6.07) is 18.0. The van der Waals surface area contributed by atoms with E-state index in [-0.39, 0.29) is 0 Å². The monoisotopic (exact) mass is 375 g/mol. The molecule has 3 aromatic rings. The van der Waals surface area contributed by atoms with Crippen LogP contribution in [-0.4, -0.2) is 28.3 Å². The number of rotatable bonds is 6. The first kappa shape index (κ1) is 18.2. The number of hydrogen-bond donors (Lipinski definition) is 1. The number of anilines is 3. The summed E-state index contributed by atoms with van der Waals surface area (Å²) in [5.74, 6) is 2.24. The third-order valence-electron chi connectivity index (χ3n) is 4.81. The highest BCUT2D eigenvalue weighted by molar-refractivity contribution is 5.57. The van der Waals surface area contributed by atoms with E-state index in [1.165, 1.54) is 25.7 Å². The molecule has 0 radical (unpaired) electrons. The first-order valence-corrected chi connectivity index (χ1v) is 9.85. The lowest BCUT2D eigenvalue weighted by Crippen LogP contribution is -2.26. The van der Waals surface area contributed by atoms with Gasteiger partial charge in [-0.1, -0.05) is 43.2 Å². The first-order chi connectivity index (χ1) is 13.9.